The van der Waals surface area contributed by atoms with Crippen LogP contribution in [0.2, 0.25) is 0 Å². The van der Waals surface area contributed by atoms with E-state index in [0.29, 0.717) is 5.92 Å². The van der Waals surface area contributed by atoms with Crippen LogP contribution in [0.5, 0.6) is 5.75 Å². The molecule has 1 aromatic rings. The molecule has 2 rings (SSSR count). The summed E-state index contributed by atoms with van der Waals surface area (Å²) in [6, 6.07) is 7.66. The first-order valence-corrected chi connectivity index (χ1v) is 7.82. The van der Waals surface area contributed by atoms with Crippen molar-refractivity contribution in [2.45, 2.75) is 51.0 Å². The Morgan fingerprint density at radius 2 is 2.05 bits per heavy atom. The van der Waals surface area contributed by atoms with Gasteiger partial charge in [-0.1, -0.05) is 26.2 Å². The average Bonchev–Trinajstić information content (AvgIpc) is 2.71. The number of amides is 1. The smallest absolute Gasteiger partial charge is 0.243 e. The van der Waals surface area contributed by atoms with E-state index in [1.165, 1.54) is 12.8 Å². The molecule has 4 heteroatoms. The number of ether oxygens (including phenoxy) is 1. The second-order valence-corrected chi connectivity index (χ2v) is 6.01. The molecule has 0 spiro atoms. The van der Waals surface area contributed by atoms with Crippen molar-refractivity contribution in [2.75, 3.05) is 12.4 Å². The van der Waals surface area contributed by atoms with Crippen LogP contribution in [-0.4, -0.2) is 18.6 Å². The van der Waals surface area contributed by atoms with Crippen molar-refractivity contribution in [3.05, 3.63) is 24.3 Å². The molecule has 4 nitrogen and oxygen atoms in total. The standard InChI is InChI=1S/C17H26N2O2/c1-3-13-5-4-11-17(12-10-13,16(18)20)19-14-6-8-15(21-2)9-7-14/h6-9,13,19H,3-5,10-12H2,1-2H3,(H2,18,20). The summed E-state index contributed by atoms with van der Waals surface area (Å²) in [5, 5.41) is 3.40. The number of nitrogens with two attached hydrogens (primary N) is 1. The zero-order valence-electron chi connectivity index (χ0n) is 13.0. The molecule has 2 atom stereocenters. The van der Waals surface area contributed by atoms with Crippen molar-refractivity contribution in [3.8, 4) is 5.75 Å². The molecule has 1 aliphatic carbocycles. The molecular weight excluding hydrogens is 264 g/mol. The van der Waals surface area contributed by atoms with Crippen LogP contribution in [0.3, 0.4) is 0 Å². The first-order valence-electron chi connectivity index (χ1n) is 7.82. The van der Waals surface area contributed by atoms with Gasteiger partial charge in [-0.25, -0.2) is 0 Å². The molecule has 0 saturated heterocycles. The maximum absolute atomic E-state index is 12.1. The number of hydrogen-bond acceptors (Lipinski definition) is 3. The molecule has 0 heterocycles. The number of nitrogens with one attached hydrogen (secondary N) is 1. The largest absolute Gasteiger partial charge is 0.497 e. The number of carbonyl (C=O) groups is 1. The van der Waals surface area contributed by atoms with Gasteiger partial charge in [0.1, 0.15) is 11.3 Å². The zero-order valence-corrected chi connectivity index (χ0v) is 13.0. The van der Waals surface area contributed by atoms with Crippen LogP contribution in [-0.2, 0) is 4.79 Å². The lowest BCUT2D eigenvalue weighted by Gasteiger charge is -2.32. The Bertz CT molecular complexity index is 472. The van der Waals surface area contributed by atoms with E-state index < -0.39 is 5.54 Å². The van der Waals surface area contributed by atoms with Crippen LogP contribution in [0.4, 0.5) is 5.69 Å². The molecule has 0 aromatic heterocycles. The van der Waals surface area contributed by atoms with Crippen LogP contribution in [0.25, 0.3) is 0 Å². The number of anilines is 1. The SMILES string of the molecule is CCC1CCCC(Nc2ccc(OC)cc2)(C(N)=O)CC1. The molecule has 0 bridgehead atoms. The van der Waals surface area contributed by atoms with Crippen molar-refractivity contribution >= 4 is 11.6 Å². The summed E-state index contributed by atoms with van der Waals surface area (Å²) in [5.41, 5.74) is 6.04. The van der Waals surface area contributed by atoms with Gasteiger partial charge in [-0.15, -0.1) is 0 Å². The van der Waals surface area contributed by atoms with Crippen LogP contribution in [0.15, 0.2) is 24.3 Å². The van der Waals surface area contributed by atoms with Gasteiger partial charge in [0.2, 0.25) is 5.91 Å². The van der Waals surface area contributed by atoms with E-state index in [9.17, 15) is 4.79 Å². The summed E-state index contributed by atoms with van der Waals surface area (Å²) in [4.78, 5) is 12.1. The number of benzene rings is 1. The first-order chi connectivity index (χ1) is 10.1. The Kier molecular flexibility index (Phi) is 5.10. The van der Waals surface area contributed by atoms with Gasteiger partial charge in [0.25, 0.3) is 0 Å². The zero-order chi connectivity index (χ0) is 15.3. The highest BCUT2D eigenvalue weighted by Crippen LogP contribution is 2.34. The maximum Gasteiger partial charge on any atom is 0.243 e. The molecule has 116 valence electrons. The Morgan fingerprint density at radius 1 is 1.33 bits per heavy atom. The molecule has 1 aromatic carbocycles. The van der Waals surface area contributed by atoms with Gasteiger partial charge in [0, 0.05) is 5.69 Å². The normalized spacial score (nSPS) is 25.9. The van der Waals surface area contributed by atoms with Crippen LogP contribution < -0.4 is 15.8 Å². The minimum Gasteiger partial charge on any atom is -0.497 e. The van der Waals surface area contributed by atoms with Gasteiger partial charge >= 0.3 is 0 Å². The van der Waals surface area contributed by atoms with Crippen molar-refractivity contribution in [2.24, 2.45) is 11.7 Å². The summed E-state index contributed by atoms with van der Waals surface area (Å²) >= 11 is 0. The molecule has 2 unspecified atom stereocenters. The van der Waals surface area contributed by atoms with Gasteiger partial charge in [0.05, 0.1) is 7.11 Å². The number of rotatable bonds is 5. The van der Waals surface area contributed by atoms with Gasteiger partial charge in [-0.2, -0.15) is 0 Å². The average molecular weight is 290 g/mol. The predicted molar refractivity (Wildman–Crippen MR) is 85.4 cm³/mol. The number of carbonyl (C=O) groups excluding carboxylic acids is 1. The lowest BCUT2D eigenvalue weighted by atomic mass is 9.88. The Labute approximate surface area is 127 Å². The second kappa shape index (κ2) is 6.83. The molecule has 21 heavy (non-hydrogen) atoms. The minimum absolute atomic E-state index is 0.241. The molecule has 1 aliphatic rings. The minimum atomic E-state index is -0.613. The van der Waals surface area contributed by atoms with Gasteiger partial charge in [-0.3, -0.25) is 4.79 Å². The second-order valence-electron chi connectivity index (χ2n) is 6.01. The summed E-state index contributed by atoms with van der Waals surface area (Å²) in [6.45, 7) is 2.22. The molecule has 1 amide bonds. The van der Waals surface area contributed by atoms with E-state index in [2.05, 4.69) is 12.2 Å². The number of hydrogen-bond donors (Lipinski definition) is 2. The fraction of sp³-hybridized carbons (Fsp3) is 0.588. The van der Waals surface area contributed by atoms with Gasteiger partial charge in [0.15, 0.2) is 0 Å². The molecule has 0 aliphatic heterocycles. The fourth-order valence-corrected chi connectivity index (χ4v) is 3.20. The van der Waals surface area contributed by atoms with Crippen molar-refractivity contribution < 1.29 is 9.53 Å². The molecule has 0 radical (unpaired) electrons. The van der Waals surface area contributed by atoms with Crippen LogP contribution in [0, 0.1) is 5.92 Å². The lowest BCUT2D eigenvalue weighted by molar-refractivity contribution is -0.122. The third-order valence-corrected chi connectivity index (χ3v) is 4.72. The number of methoxy groups -OCH3 is 1. The molecule has 1 saturated carbocycles. The van der Waals surface area contributed by atoms with E-state index in [0.717, 1.165) is 37.1 Å². The highest BCUT2D eigenvalue weighted by molar-refractivity contribution is 5.88. The summed E-state index contributed by atoms with van der Waals surface area (Å²) in [5.74, 6) is 1.28. The third-order valence-electron chi connectivity index (χ3n) is 4.72. The van der Waals surface area contributed by atoms with E-state index in [1.807, 2.05) is 24.3 Å². The van der Waals surface area contributed by atoms with Crippen LogP contribution in [0.1, 0.15) is 45.4 Å². The molecule has 1 fully saturated rings. The van der Waals surface area contributed by atoms with E-state index in [1.54, 1.807) is 7.11 Å². The molecule has 3 N–H and O–H groups in total. The van der Waals surface area contributed by atoms with Crippen molar-refractivity contribution in [3.63, 3.8) is 0 Å². The summed E-state index contributed by atoms with van der Waals surface area (Å²) < 4.78 is 5.16. The van der Waals surface area contributed by atoms with Gasteiger partial charge in [-0.05, 0) is 49.4 Å². The van der Waals surface area contributed by atoms with Crippen LogP contribution >= 0.6 is 0 Å². The summed E-state index contributed by atoms with van der Waals surface area (Å²) in [6.07, 6.45) is 6.10. The monoisotopic (exact) mass is 290 g/mol. The number of primary amides is 1. The maximum atomic E-state index is 12.1. The highest BCUT2D eigenvalue weighted by Gasteiger charge is 2.38. The van der Waals surface area contributed by atoms with Gasteiger partial charge < -0.3 is 15.8 Å². The van der Waals surface area contributed by atoms with Crippen molar-refractivity contribution in [1.82, 2.24) is 0 Å². The Balaban J connectivity index is 2.15. The lowest BCUT2D eigenvalue weighted by Crippen LogP contribution is -2.50. The molecular formula is C17H26N2O2. The third kappa shape index (κ3) is 3.69. The predicted octanol–water partition coefficient (Wildman–Crippen LogP) is 3.32. The van der Waals surface area contributed by atoms with E-state index in [4.69, 9.17) is 10.5 Å². The summed E-state index contributed by atoms with van der Waals surface area (Å²) in [7, 11) is 1.64. The quantitative estimate of drug-likeness (QED) is 0.818. The van der Waals surface area contributed by atoms with E-state index >= 15 is 0 Å². The Hall–Kier alpha value is -1.71. The van der Waals surface area contributed by atoms with Crippen molar-refractivity contribution in [1.29, 1.82) is 0 Å². The van der Waals surface area contributed by atoms with E-state index in [-0.39, 0.29) is 5.91 Å². The highest BCUT2D eigenvalue weighted by atomic mass is 16.5. The fourth-order valence-electron chi connectivity index (χ4n) is 3.20. The topological polar surface area (TPSA) is 64.3 Å². The first kappa shape index (κ1) is 15.7. The Morgan fingerprint density at radius 3 is 2.62 bits per heavy atom.